The van der Waals surface area contributed by atoms with Crippen LogP contribution in [0.4, 0.5) is 0 Å². The van der Waals surface area contributed by atoms with Gasteiger partial charge < -0.3 is 9.13 Å². The lowest BCUT2D eigenvalue weighted by atomic mass is 9.85. The average molecular weight is 825 g/mol. The predicted octanol–water partition coefficient (Wildman–Crippen LogP) is 16.1. The van der Waals surface area contributed by atoms with Crippen molar-refractivity contribution < 1.29 is 0 Å². The first-order chi connectivity index (χ1) is 29.8. The van der Waals surface area contributed by atoms with Crippen LogP contribution in [0, 0.1) is 0 Å². The molecule has 0 saturated carbocycles. The van der Waals surface area contributed by atoms with Crippen LogP contribution in [0.1, 0.15) is 105 Å². The Morgan fingerprint density at radius 2 is 0.683 bits per heavy atom. The van der Waals surface area contributed by atoms with Gasteiger partial charge in [-0.1, -0.05) is 138 Å². The van der Waals surface area contributed by atoms with Crippen molar-refractivity contribution in [1.82, 2.24) is 18.7 Å². The number of rotatable bonds is 4. The molecule has 0 bridgehead atoms. The van der Waals surface area contributed by atoms with Crippen LogP contribution < -0.4 is 0 Å². The van der Waals surface area contributed by atoms with Gasteiger partial charge in [0.2, 0.25) is 0 Å². The average Bonchev–Trinajstić information content (AvgIpc) is 3.89. The topological polar surface area (TPSA) is 27.7 Å². The number of aromatic nitrogens is 4. The third kappa shape index (κ3) is 6.86. The highest BCUT2D eigenvalue weighted by atomic mass is 15.1. The quantitative estimate of drug-likeness (QED) is 0.174. The molecule has 4 nitrogen and oxygen atoms in total. The van der Waals surface area contributed by atoms with Gasteiger partial charge in [0.25, 0.3) is 0 Å². The molecule has 0 aliphatic rings. The Bertz CT molecular complexity index is 3100. The number of hydrogen-bond donors (Lipinski definition) is 0. The maximum atomic E-state index is 5.45. The first-order valence-corrected chi connectivity index (χ1v) is 22.6. The zero-order valence-corrected chi connectivity index (χ0v) is 39.1. The van der Waals surface area contributed by atoms with E-state index in [0.29, 0.717) is 0 Å². The molecule has 0 unspecified atom stereocenters. The molecule has 0 atom stereocenters. The molecule has 7 aromatic carbocycles. The molecule has 4 heteroatoms. The maximum Gasteiger partial charge on any atom is 0.145 e. The highest BCUT2D eigenvalue weighted by molar-refractivity contribution is 6.11. The van der Waals surface area contributed by atoms with E-state index in [4.69, 9.17) is 4.98 Å². The second-order valence-electron chi connectivity index (χ2n) is 21.9. The van der Waals surface area contributed by atoms with E-state index in [0.717, 1.165) is 39.5 Å². The number of benzene rings is 7. The molecule has 10 rings (SSSR count). The van der Waals surface area contributed by atoms with Crippen molar-refractivity contribution in [1.29, 1.82) is 0 Å². The van der Waals surface area contributed by atoms with Crippen molar-refractivity contribution in [2.45, 2.75) is 105 Å². The maximum absolute atomic E-state index is 5.45. The van der Waals surface area contributed by atoms with Crippen LogP contribution in [0.3, 0.4) is 0 Å². The Labute approximate surface area is 372 Å². The lowest BCUT2D eigenvalue weighted by Gasteiger charge is -2.20. The smallest absolute Gasteiger partial charge is 0.145 e. The minimum Gasteiger partial charge on any atom is -0.309 e. The summed E-state index contributed by atoms with van der Waals surface area (Å²) in [7, 11) is 0. The van der Waals surface area contributed by atoms with Gasteiger partial charge >= 0.3 is 0 Å². The van der Waals surface area contributed by atoms with E-state index in [1.165, 1.54) is 65.9 Å². The Morgan fingerprint density at radius 3 is 1.06 bits per heavy atom. The van der Waals surface area contributed by atoms with Crippen molar-refractivity contribution in [3.05, 3.63) is 168 Å². The fourth-order valence-corrected chi connectivity index (χ4v) is 9.51. The van der Waals surface area contributed by atoms with E-state index in [1.54, 1.807) is 0 Å². The summed E-state index contributed by atoms with van der Waals surface area (Å²) in [5.74, 6) is 0.905. The zero-order chi connectivity index (χ0) is 44.4. The summed E-state index contributed by atoms with van der Waals surface area (Å²) in [5.41, 5.74) is 16.4. The fourth-order valence-electron chi connectivity index (χ4n) is 9.51. The molecule has 0 fully saturated rings. The van der Waals surface area contributed by atoms with Crippen molar-refractivity contribution in [3.63, 3.8) is 0 Å². The summed E-state index contributed by atoms with van der Waals surface area (Å²) < 4.78 is 7.32. The van der Waals surface area contributed by atoms with Crippen LogP contribution in [-0.2, 0) is 21.7 Å². The van der Waals surface area contributed by atoms with Crippen molar-refractivity contribution in [2.75, 3.05) is 0 Å². The molecule has 0 radical (unpaired) electrons. The summed E-state index contributed by atoms with van der Waals surface area (Å²) in [5, 5.41) is 5.09. The van der Waals surface area contributed by atoms with Gasteiger partial charge in [0.15, 0.2) is 0 Å². The summed E-state index contributed by atoms with van der Waals surface area (Å²) in [6.07, 6.45) is 0. The minimum absolute atomic E-state index is 0.00407. The van der Waals surface area contributed by atoms with Crippen LogP contribution >= 0.6 is 0 Å². The summed E-state index contributed by atoms with van der Waals surface area (Å²) in [6.45, 7) is 27.7. The van der Waals surface area contributed by atoms with Gasteiger partial charge in [0, 0.05) is 44.2 Å². The van der Waals surface area contributed by atoms with Crippen LogP contribution in [0.2, 0.25) is 0 Å². The number of imidazole rings is 1. The standard InChI is InChI=1S/C59H60N4/c1-56(2,3)38-22-26-50-45(32-38)46-33-39(57(4,5)6)23-27-51(46)61(50)43-30-37(55-60-49-20-16-17-21-54(49)63(55)42-18-14-13-15-19-42)31-44(36-43)62-52-28-24-40(58(7,8)9)34-47(52)48-35-41(59(10,11)12)25-29-53(48)62/h13-36H,1-12H3. The lowest BCUT2D eigenvalue weighted by molar-refractivity contribution is 0.590. The van der Waals surface area contributed by atoms with E-state index in [1.807, 2.05) is 0 Å². The van der Waals surface area contributed by atoms with Gasteiger partial charge in [-0.05, 0) is 135 Å². The monoisotopic (exact) mass is 824 g/mol. The van der Waals surface area contributed by atoms with Gasteiger partial charge in [0.1, 0.15) is 5.82 Å². The van der Waals surface area contributed by atoms with Gasteiger partial charge in [0.05, 0.1) is 33.1 Å². The molecule has 3 heterocycles. The Balaban J connectivity index is 1.35. The van der Waals surface area contributed by atoms with E-state index in [-0.39, 0.29) is 21.7 Å². The zero-order valence-electron chi connectivity index (χ0n) is 39.1. The number of fused-ring (bicyclic) bond motifs is 7. The molecule has 0 N–H and O–H groups in total. The van der Waals surface area contributed by atoms with Crippen LogP contribution in [0.25, 0.3) is 83.1 Å². The van der Waals surface area contributed by atoms with Crippen molar-refractivity contribution >= 4 is 54.6 Å². The van der Waals surface area contributed by atoms with Gasteiger partial charge in [-0.25, -0.2) is 4.98 Å². The summed E-state index contributed by atoms with van der Waals surface area (Å²) >= 11 is 0. The first-order valence-electron chi connectivity index (χ1n) is 22.6. The van der Waals surface area contributed by atoms with Crippen molar-refractivity contribution in [2.24, 2.45) is 0 Å². The van der Waals surface area contributed by atoms with Crippen LogP contribution in [0.15, 0.2) is 146 Å². The van der Waals surface area contributed by atoms with E-state index >= 15 is 0 Å². The van der Waals surface area contributed by atoms with E-state index in [9.17, 15) is 0 Å². The molecule has 316 valence electrons. The molecular weight excluding hydrogens is 765 g/mol. The lowest BCUT2D eigenvalue weighted by Crippen LogP contribution is -2.10. The summed E-state index contributed by atoms with van der Waals surface area (Å²) in [6, 6.07) is 54.8. The summed E-state index contributed by atoms with van der Waals surface area (Å²) in [4.78, 5) is 5.45. The first kappa shape index (κ1) is 40.7. The Kier molecular flexibility index (Phi) is 9.08. The molecule has 0 aliphatic heterocycles. The number of para-hydroxylation sites is 3. The molecule has 0 spiro atoms. The highest BCUT2D eigenvalue weighted by Gasteiger charge is 2.25. The highest BCUT2D eigenvalue weighted by Crippen LogP contribution is 2.42. The second-order valence-corrected chi connectivity index (χ2v) is 21.9. The Hall–Kier alpha value is -6.39. The number of nitrogens with zero attached hydrogens (tertiary/aromatic N) is 4. The van der Waals surface area contributed by atoms with Gasteiger partial charge in [-0.3, -0.25) is 4.57 Å². The fraction of sp³-hybridized carbons (Fsp3) is 0.271. The largest absolute Gasteiger partial charge is 0.309 e. The molecule has 0 saturated heterocycles. The van der Waals surface area contributed by atoms with E-state index < -0.39 is 0 Å². The predicted molar refractivity (Wildman–Crippen MR) is 270 cm³/mol. The molecule has 3 aromatic heterocycles. The second kappa shape index (κ2) is 14.1. The van der Waals surface area contributed by atoms with Crippen molar-refractivity contribution in [3.8, 4) is 28.5 Å². The van der Waals surface area contributed by atoms with Gasteiger partial charge in [-0.2, -0.15) is 0 Å². The molecule has 0 amide bonds. The SMILES string of the molecule is CC(C)(C)c1ccc2c(c1)c1cc(C(C)(C)C)ccc1n2-c1cc(-c2nc3ccccc3n2-c2ccccc2)cc(-n2c3ccc(C(C)(C)C)cc3c3cc(C(C)(C)C)ccc32)c1. The third-order valence-corrected chi connectivity index (χ3v) is 13.2. The van der Waals surface area contributed by atoms with Crippen LogP contribution in [0.5, 0.6) is 0 Å². The molecule has 63 heavy (non-hydrogen) atoms. The minimum atomic E-state index is 0.00407. The van der Waals surface area contributed by atoms with Gasteiger partial charge in [-0.15, -0.1) is 0 Å². The molecule has 10 aromatic rings. The van der Waals surface area contributed by atoms with E-state index in [2.05, 4.69) is 242 Å². The molecular formula is C59H60N4. The molecule has 0 aliphatic carbocycles. The Morgan fingerprint density at radius 1 is 0.317 bits per heavy atom. The third-order valence-electron chi connectivity index (χ3n) is 13.2. The number of hydrogen-bond acceptors (Lipinski definition) is 1. The normalized spacial score (nSPS) is 13.1. The van der Waals surface area contributed by atoms with Crippen LogP contribution in [-0.4, -0.2) is 18.7 Å².